The number of nitrogens with zero attached hydrogens (tertiary/aromatic N) is 2. The summed E-state index contributed by atoms with van der Waals surface area (Å²) in [5.41, 5.74) is 3.46. The molecule has 0 aliphatic heterocycles. The summed E-state index contributed by atoms with van der Waals surface area (Å²) >= 11 is 5.69. The zero-order chi connectivity index (χ0) is 24.4. The highest BCUT2D eigenvalue weighted by Crippen LogP contribution is 2.30. The summed E-state index contributed by atoms with van der Waals surface area (Å²) in [5.74, 6) is 0.164. The lowest BCUT2D eigenvalue weighted by Gasteiger charge is -2.11. The second kappa shape index (κ2) is 9.52. The molecule has 0 unspecified atom stereocenters. The molecule has 1 N–H and O–H groups in total. The van der Waals surface area contributed by atoms with E-state index in [4.69, 9.17) is 21.7 Å². The summed E-state index contributed by atoms with van der Waals surface area (Å²) in [6, 6.07) is 15.1. The minimum atomic E-state index is -0.531. The van der Waals surface area contributed by atoms with Gasteiger partial charge in [0.2, 0.25) is 0 Å². The summed E-state index contributed by atoms with van der Waals surface area (Å²) in [6.07, 6.45) is 3.51. The number of aromatic amines is 1. The Labute approximate surface area is 201 Å². The Morgan fingerprint density at radius 3 is 2.38 bits per heavy atom. The van der Waals surface area contributed by atoms with Crippen LogP contribution in [0.1, 0.15) is 22.8 Å². The fraction of sp³-hybridized carbons (Fsp3) is 0.192. The Bertz CT molecular complexity index is 1520. The van der Waals surface area contributed by atoms with Gasteiger partial charge in [-0.25, -0.2) is 4.79 Å². The van der Waals surface area contributed by atoms with Crippen LogP contribution in [-0.4, -0.2) is 43.2 Å². The van der Waals surface area contributed by atoms with Gasteiger partial charge in [0.05, 0.1) is 18.9 Å². The van der Waals surface area contributed by atoms with Crippen molar-refractivity contribution in [3.63, 3.8) is 0 Å². The molecule has 0 radical (unpaired) electrons. The Hall–Kier alpha value is -3.91. The van der Waals surface area contributed by atoms with E-state index in [1.807, 2.05) is 55.4 Å². The highest BCUT2D eigenvalue weighted by Gasteiger charge is 2.22. The zero-order valence-electron chi connectivity index (χ0n) is 19.4. The third kappa shape index (κ3) is 4.32. The van der Waals surface area contributed by atoms with Crippen LogP contribution in [0.15, 0.2) is 59.5 Å². The van der Waals surface area contributed by atoms with E-state index >= 15 is 0 Å². The second-order valence-electron chi connectivity index (χ2n) is 7.89. The Morgan fingerprint density at radius 2 is 1.79 bits per heavy atom. The first kappa shape index (κ1) is 23.3. The number of hydrogen-bond acceptors (Lipinski definition) is 6. The summed E-state index contributed by atoms with van der Waals surface area (Å²) in [6.45, 7) is 1.94. The lowest BCUT2D eigenvalue weighted by molar-refractivity contribution is 0.0529. The maximum Gasteiger partial charge on any atom is 0.342 e. The van der Waals surface area contributed by atoms with Gasteiger partial charge in [-0.05, 0) is 48.4 Å². The summed E-state index contributed by atoms with van der Waals surface area (Å²) in [4.78, 5) is 30.8. The molecule has 8 heteroatoms. The molecule has 0 amide bonds. The van der Waals surface area contributed by atoms with Crippen LogP contribution in [0.25, 0.3) is 22.9 Å². The second-order valence-corrected chi connectivity index (χ2v) is 8.28. The maximum atomic E-state index is 13.1. The van der Waals surface area contributed by atoms with Gasteiger partial charge in [0, 0.05) is 31.5 Å². The van der Waals surface area contributed by atoms with Gasteiger partial charge < -0.3 is 19.4 Å². The van der Waals surface area contributed by atoms with Crippen molar-refractivity contribution in [1.29, 1.82) is 0 Å². The standard InChI is InChI=1S/C26H25N3O4S/c1-5-33-26(31)22-21(17-8-12-19(32-4)13-9-17)15-29-23(22)27-24(30)20(25(29)34)14-16-6-10-18(11-7-16)28(2)3/h6-15H,5H2,1-4H3,(H,27,30). The molecule has 0 bridgehead atoms. The third-order valence-corrected chi connectivity index (χ3v) is 5.95. The number of benzene rings is 2. The van der Waals surface area contributed by atoms with Gasteiger partial charge in [-0.1, -0.05) is 36.5 Å². The number of anilines is 1. The fourth-order valence-electron chi connectivity index (χ4n) is 3.75. The first-order chi connectivity index (χ1) is 16.3. The van der Waals surface area contributed by atoms with Crippen LogP contribution in [0, 0.1) is 4.64 Å². The number of carbonyl (C=O) groups is 1. The highest BCUT2D eigenvalue weighted by atomic mass is 32.1. The number of methoxy groups -OCH3 is 1. The van der Waals surface area contributed by atoms with Gasteiger partial charge in [0.15, 0.2) is 0 Å². The van der Waals surface area contributed by atoms with E-state index in [1.54, 1.807) is 42.8 Å². The molecule has 0 aliphatic rings. The summed E-state index contributed by atoms with van der Waals surface area (Å²) in [5, 5.41) is 0.340. The minimum absolute atomic E-state index is 0.206. The molecule has 0 saturated heterocycles. The van der Waals surface area contributed by atoms with Crippen LogP contribution in [0.2, 0.25) is 0 Å². The van der Waals surface area contributed by atoms with Gasteiger partial charge >= 0.3 is 5.97 Å². The molecule has 2 aromatic heterocycles. The number of aromatic nitrogens is 2. The van der Waals surface area contributed by atoms with E-state index in [2.05, 4.69) is 4.98 Å². The SMILES string of the molecule is CCOC(=O)c1c(-c2ccc(OC)cc2)cn2c(=S)c(=Cc3ccc(N(C)C)cc3)c(=O)[nH]c12. The lowest BCUT2D eigenvalue weighted by Crippen LogP contribution is -2.30. The molecule has 0 atom stereocenters. The topological polar surface area (TPSA) is 76.0 Å². The first-order valence-electron chi connectivity index (χ1n) is 10.8. The molecular formula is C26H25N3O4S. The zero-order valence-corrected chi connectivity index (χ0v) is 20.2. The molecule has 0 fully saturated rings. The van der Waals surface area contributed by atoms with Crippen LogP contribution < -0.4 is 20.4 Å². The van der Waals surface area contributed by atoms with Crippen molar-refractivity contribution >= 4 is 35.6 Å². The average Bonchev–Trinajstić information content (AvgIpc) is 3.21. The Kier molecular flexibility index (Phi) is 6.51. The van der Waals surface area contributed by atoms with Crippen LogP contribution in [-0.2, 0) is 4.74 Å². The highest BCUT2D eigenvalue weighted by molar-refractivity contribution is 7.71. The van der Waals surface area contributed by atoms with Crippen molar-refractivity contribution < 1.29 is 14.3 Å². The molecule has 174 valence electrons. The number of hydrogen-bond donors (Lipinski definition) is 1. The van der Waals surface area contributed by atoms with Crippen LogP contribution >= 0.6 is 12.2 Å². The van der Waals surface area contributed by atoms with Gasteiger partial charge in [-0.15, -0.1) is 0 Å². The molecule has 7 nitrogen and oxygen atoms in total. The number of fused-ring (bicyclic) bond motifs is 1. The number of esters is 1. The average molecular weight is 476 g/mol. The van der Waals surface area contributed by atoms with E-state index in [0.717, 1.165) is 16.8 Å². The van der Waals surface area contributed by atoms with Crippen LogP contribution in [0.3, 0.4) is 0 Å². The van der Waals surface area contributed by atoms with Crippen molar-refractivity contribution in [1.82, 2.24) is 9.38 Å². The molecule has 0 spiro atoms. The number of ether oxygens (including phenoxy) is 2. The number of H-pyrrole nitrogens is 1. The van der Waals surface area contributed by atoms with Crippen molar-refractivity contribution in [2.45, 2.75) is 6.92 Å². The molecule has 34 heavy (non-hydrogen) atoms. The lowest BCUT2D eigenvalue weighted by atomic mass is 10.0. The first-order valence-corrected chi connectivity index (χ1v) is 11.2. The van der Waals surface area contributed by atoms with Crippen molar-refractivity contribution in [2.75, 3.05) is 32.7 Å². The van der Waals surface area contributed by atoms with Crippen molar-refractivity contribution in [2.24, 2.45) is 0 Å². The van der Waals surface area contributed by atoms with Gasteiger partial charge in [-0.3, -0.25) is 9.20 Å². The maximum absolute atomic E-state index is 13.1. The van der Waals surface area contributed by atoms with E-state index < -0.39 is 5.97 Å². The molecule has 2 heterocycles. The molecule has 0 saturated carbocycles. The number of nitrogens with one attached hydrogen (secondary N) is 1. The van der Waals surface area contributed by atoms with E-state index in [-0.39, 0.29) is 17.7 Å². The van der Waals surface area contributed by atoms with Crippen LogP contribution in [0.5, 0.6) is 5.75 Å². The normalized spacial score (nSPS) is 11.6. The quantitative estimate of drug-likeness (QED) is 0.338. The monoisotopic (exact) mass is 475 g/mol. The van der Waals surface area contributed by atoms with Gasteiger partial charge in [0.25, 0.3) is 5.56 Å². The van der Waals surface area contributed by atoms with Crippen molar-refractivity contribution in [3.05, 3.63) is 86.1 Å². The number of rotatable bonds is 6. The minimum Gasteiger partial charge on any atom is -0.497 e. The predicted molar refractivity (Wildman–Crippen MR) is 136 cm³/mol. The largest absolute Gasteiger partial charge is 0.497 e. The fourth-order valence-corrected chi connectivity index (χ4v) is 4.05. The summed E-state index contributed by atoms with van der Waals surface area (Å²) < 4.78 is 12.5. The smallest absolute Gasteiger partial charge is 0.342 e. The van der Waals surface area contributed by atoms with Gasteiger partial charge in [-0.2, -0.15) is 0 Å². The molecular weight excluding hydrogens is 450 g/mol. The van der Waals surface area contributed by atoms with Crippen molar-refractivity contribution in [3.8, 4) is 16.9 Å². The summed E-state index contributed by atoms with van der Waals surface area (Å²) in [7, 11) is 5.52. The van der Waals surface area contributed by atoms with Gasteiger partial charge in [0.1, 0.15) is 21.6 Å². The van der Waals surface area contributed by atoms with E-state index in [0.29, 0.717) is 26.8 Å². The molecule has 0 aliphatic carbocycles. The molecule has 4 aromatic rings. The van der Waals surface area contributed by atoms with Crippen LogP contribution in [0.4, 0.5) is 5.69 Å². The third-order valence-electron chi connectivity index (χ3n) is 5.53. The van der Waals surface area contributed by atoms with E-state index in [9.17, 15) is 9.59 Å². The molecule has 4 rings (SSSR count). The Balaban J connectivity index is 1.95. The molecule has 2 aromatic carbocycles. The van der Waals surface area contributed by atoms with E-state index in [1.165, 1.54) is 0 Å². The number of carbonyl (C=O) groups excluding carboxylic acids is 1. The Morgan fingerprint density at radius 1 is 1.12 bits per heavy atom. The predicted octanol–water partition coefficient (Wildman–Crippen LogP) is 3.82.